The normalized spacial score (nSPS) is 11.4. The van der Waals surface area contributed by atoms with E-state index in [1.54, 1.807) is 18.2 Å². The second-order valence-corrected chi connectivity index (χ2v) is 7.11. The molecule has 1 N–H and O–H groups in total. The summed E-state index contributed by atoms with van der Waals surface area (Å²) in [5.74, 6) is 0.382. The number of halogens is 4. The van der Waals surface area contributed by atoms with E-state index in [1.165, 1.54) is 19.3 Å². The average molecular weight is 462 g/mol. The maximum Gasteiger partial charge on any atom is 0.416 e. The fraction of sp³-hybridized carbons (Fsp3) is 0.125. The van der Waals surface area contributed by atoms with Crippen LogP contribution in [0.4, 0.5) is 18.9 Å². The monoisotopic (exact) mass is 461 g/mol. The maximum absolute atomic E-state index is 12.9. The van der Waals surface area contributed by atoms with Gasteiger partial charge in [0.1, 0.15) is 6.61 Å². The zero-order valence-electron chi connectivity index (χ0n) is 16.9. The molecule has 1 amide bonds. The van der Waals surface area contributed by atoms with Crippen LogP contribution >= 0.6 is 11.6 Å². The fourth-order valence-corrected chi connectivity index (χ4v) is 2.95. The molecule has 0 atom stereocenters. The molecule has 0 saturated heterocycles. The summed E-state index contributed by atoms with van der Waals surface area (Å²) in [6.45, 7) is 0.368. The van der Waals surface area contributed by atoms with E-state index in [9.17, 15) is 18.0 Å². The van der Waals surface area contributed by atoms with Crippen molar-refractivity contribution in [3.8, 4) is 11.5 Å². The van der Waals surface area contributed by atoms with Gasteiger partial charge in [0.25, 0.3) is 0 Å². The molecule has 3 aromatic rings. The summed E-state index contributed by atoms with van der Waals surface area (Å²) in [5, 5.41) is 2.36. The molecule has 3 aromatic carbocycles. The third kappa shape index (κ3) is 6.28. The SMILES string of the molecule is COc1cc(/C=C/C(=O)Nc2cc(C(F)(F)F)ccc2Cl)ccc1OCc1ccccc1. The van der Waals surface area contributed by atoms with Gasteiger partial charge in [0.2, 0.25) is 5.91 Å². The van der Waals surface area contributed by atoms with Crippen LogP contribution in [-0.4, -0.2) is 13.0 Å². The molecule has 0 spiro atoms. The predicted octanol–water partition coefficient (Wildman–Crippen LogP) is 6.60. The van der Waals surface area contributed by atoms with Crippen LogP contribution < -0.4 is 14.8 Å². The molecule has 0 radical (unpaired) electrons. The molecule has 4 nitrogen and oxygen atoms in total. The molecule has 0 aromatic heterocycles. The number of hydrogen-bond donors (Lipinski definition) is 1. The first-order valence-electron chi connectivity index (χ1n) is 9.47. The Morgan fingerprint density at radius 1 is 1.03 bits per heavy atom. The van der Waals surface area contributed by atoms with Crippen LogP contribution in [0.15, 0.2) is 72.8 Å². The second-order valence-electron chi connectivity index (χ2n) is 6.70. The van der Waals surface area contributed by atoms with E-state index in [4.69, 9.17) is 21.1 Å². The minimum absolute atomic E-state index is 0.00124. The van der Waals surface area contributed by atoms with Gasteiger partial charge in [-0.25, -0.2) is 0 Å². The van der Waals surface area contributed by atoms with E-state index >= 15 is 0 Å². The van der Waals surface area contributed by atoms with Gasteiger partial charge in [0.15, 0.2) is 11.5 Å². The van der Waals surface area contributed by atoms with Crippen molar-refractivity contribution >= 4 is 29.3 Å². The van der Waals surface area contributed by atoms with Crippen molar-refractivity contribution in [2.45, 2.75) is 12.8 Å². The highest BCUT2D eigenvalue weighted by molar-refractivity contribution is 6.33. The summed E-state index contributed by atoms with van der Waals surface area (Å²) < 4.78 is 49.8. The lowest BCUT2D eigenvalue weighted by Gasteiger charge is -2.12. The fourth-order valence-electron chi connectivity index (χ4n) is 2.79. The number of nitrogens with one attached hydrogen (secondary N) is 1. The summed E-state index contributed by atoms with van der Waals surface area (Å²) in [4.78, 5) is 12.2. The van der Waals surface area contributed by atoms with E-state index in [0.717, 1.165) is 23.8 Å². The van der Waals surface area contributed by atoms with Gasteiger partial charge < -0.3 is 14.8 Å². The smallest absolute Gasteiger partial charge is 0.416 e. The van der Waals surface area contributed by atoms with Gasteiger partial charge in [-0.3, -0.25) is 4.79 Å². The third-order valence-corrected chi connectivity index (χ3v) is 4.73. The van der Waals surface area contributed by atoms with Crippen LogP contribution in [-0.2, 0) is 17.6 Å². The van der Waals surface area contributed by atoms with Crippen LogP contribution in [0.1, 0.15) is 16.7 Å². The van der Waals surface area contributed by atoms with E-state index in [-0.39, 0.29) is 10.7 Å². The molecule has 0 bridgehead atoms. The second kappa shape index (κ2) is 10.2. The van der Waals surface area contributed by atoms with Crippen LogP contribution in [0.2, 0.25) is 5.02 Å². The summed E-state index contributed by atoms with van der Waals surface area (Å²) in [6.07, 6.45) is -1.85. The molecule has 0 aliphatic rings. The molecule has 0 aliphatic carbocycles. The van der Waals surface area contributed by atoms with Crippen LogP contribution in [0, 0.1) is 0 Å². The highest BCUT2D eigenvalue weighted by Gasteiger charge is 2.31. The highest BCUT2D eigenvalue weighted by atomic mass is 35.5. The maximum atomic E-state index is 12.9. The Hall–Kier alpha value is -3.45. The number of amides is 1. The summed E-state index contributed by atoms with van der Waals surface area (Å²) in [7, 11) is 1.50. The quantitative estimate of drug-likeness (QED) is 0.403. The van der Waals surface area contributed by atoms with Gasteiger partial charge in [-0.15, -0.1) is 0 Å². The number of hydrogen-bond acceptors (Lipinski definition) is 3. The van der Waals surface area contributed by atoms with E-state index < -0.39 is 17.6 Å². The molecule has 0 fully saturated rings. The van der Waals surface area contributed by atoms with Crippen molar-refractivity contribution in [2.24, 2.45) is 0 Å². The molecule has 166 valence electrons. The van der Waals surface area contributed by atoms with Crippen LogP contribution in [0.3, 0.4) is 0 Å². The summed E-state index contributed by atoms with van der Waals surface area (Å²) >= 11 is 5.90. The topological polar surface area (TPSA) is 47.6 Å². The molecular formula is C24H19ClF3NO3. The molecular weight excluding hydrogens is 443 g/mol. The molecule has 0 heterocycles. The zero-order valence-corrected chi connectivity index (χ0v) is 17.7. The summed E-state index contributed by atoms with van der Waals surface area (Å²) in [6, 6.07) is 17.5. The summed E-state index contributed by atoms with van der Waals surface area (Å²) in [5.41, 5.74) is 0.609. The van der Waals surface area contributed by atoms with Crippen molar-refractivity contribution < 1.29 is 27.4 Å². The Balaban J connectivity index is 1.67. The van der Waals surface area contributed by atoms with Crippen molar-refractivity contribution in [1.29, 1.82) is 0 Å². The number of rotatable bonds is 7. The number of anilines is 1. The van der Waals surface area contributed by atoms with Crippen LogP contribution in [0.5, 0.6) is 11.5 Å². The number of carbonyl (C=O) groups excluding carboxylic acids is 1. The lowest BCUT2D eigenvalue weighted by Crippen LogP contribution is -2.11. The van der Waals surface area contributed by atoms with Crippen molar-refractivity contribution in [2.75, 3.05) is 12.4 Å². The molecule has 0 aliphatic heterocycles. The largest absolute Gasteiger partial charge is 0.493 e. The number of alkyl halides is 3. The molecule has 8 heteroatoms. The third-order valence-electron chi connectivity index (χ3n) is 4.40. The van der Waals surface area contributed by atoms with Crippen molar-refractivity contribution in [3.63, 3.8) is 0 Å². The first-order valence-corrected chi connectivity index (χ1v) is 9.84. The molecule has 0 saturated carbocycles. The lowest BCUT2D eigenvalue weighted by atomic mass is 10.1. The zero-order chi connectivity index (χ0) is 23.1. The Morgan fingerprint density at radius 3 is 2.47 bits per heavy atom. The van der Waals surface area contributed by atoms with Gasteiger partial charge in [-0.05, 0) is 47.5 Å². The molecule has 3 rings (SSSR count). The minimum Gasteiger partial charge on any atom is -0.493 e. The highest BCUT2D eigenvalue weighted by Crippen LogP contribution is 2.34. The van der Waals surface area contributed by atoms with Gasteiger partial charge in [-0.2, -0.15) is 13.2 Å². The standard InChI is InChI=1S/C24H19ClF3NO3/c1-31-22-13-16(7-11-21(22)32-15-17-5-3-2-4-6-17)8-12-23(30)29-20-14-18(24(26,27)28)9-10-19(20)25/h2-14H,15H2,1H3,(H,29,30)/b12-8+. The van der Waals surface area contributed by atoms with Gasteiger partial charge >= 0.3 is 6.18 Å². The van der Waals surface area contributed by atoms with Gasteiger partial charge in [0.05, 0.1) is 23.4 Å². The van der Waals surface area contributed by atoms with Gasteiger partial charge in [-0.1, -0.05) is 48.0 Å². The first kappa shape index (κ1) is 23.2. The lowest BCUT2D eigenvalue weighted by molar-refractivity contribution is -0.137. The van der Waals surface area contributed by atoms with Crippen molar-refractivity contribution in [3.05, 3.63) is 94.5 Å². The first-order chi connectivity index (χ1) is 15.3. The van der Waals surface area contributed by atoms with E-state index in [2.05, 4.69) is 5.32 Å². The average Bonchev–Trinajstić information content (AvgIpc) is 2.78. The minimum atomic E-state index is -4.54. The predicted molar refractivity (Wildman–Crippen MR) is 118 cm³/mol. The number of ether oxygens (including phenoxy) is 2. The number of benzene rings is 3. The Labute approximate surface area is 188 Å². The Morgan fingerprint density at radius 2 is 1.78 bits per heavy atom. The van der Waals surface area contributed by atoms with E-state index in [0.29, 0.717) is 23.7 Å². The molecule has 0 unspecified atom stereocenters. The van der Waals surface area contributed by atoms with Crippen LogP contribution in [0.25, 0.3) is 6.08 Å². The van der Waals surface area contributed by atoms with E-state index in [1.807, 2.05) is 30.3 Å². The van der Waals surface area contributed by atoms with Crippen molar-refractivity contribution in [1.82, 2.24) is 0 Å². The Bertz CT molecular complexity index is 1120. The number of methoxy groups -OCH3 is 1. The Kier molecular flexibility index (Phi) is 7.43. The van der Waals surface area contributed by atoms with Gasteiger partial charge in [0, 0.05) is 6.08 Å². The number of carbonyl (C=O) groups is 1. The molecule has 32 heavy (non-hydrogen) atoms.